The second-order valence-corrected chi connectivity index (χ2v) is 6.76. The van der Waals surface area contributed by atoms with Crippen molar-refractivity contribution < 1.29 is 9.53 Å². The van der Waals surface area contributed by atoms with Crippen LogP contribution in [0.1, 0.15) is 27.0 Å². The Labute approximate surface area is 162 Å². The van der Waals surface area contributed by atoms with Gasteiger partial charge in [0.05, 0.1) is 11.1 Å². The molecule has 1 amide bonds. The van der Waals surface area contributed by atoms with Gasteiger partial charge >= 0.3 is 0 Å². The summed E-state index contributed by atoms with van der Waals surface area (Å²) in [7, 11) is 0. The minimum Gasteiger partial charge on any atom is -0.457 e. The number of ether oxygens (including phenoxy) is 1. The van der Waals surface area contributed by atoms with Gasteiger partial charge in [-0.2, -0.15) is 5.26 Å². The fraction of sp³-hybridized carbons (Fsp3) is 0.0909. The predicted octanol–water partition coefficient (Wildman–Crippen LogP) is 5.16. The molecule has 1 aliphatic heterocycles. The van der Waals surface area contributed by atoms with Crippen molar-refractivity contribution in [1.82, 2.24) is 4.90 Å². The van der Waals surface area contributed by atoms with E-state index in [1.165, 1.54) is 6.07 Å². The molecule has 0 unspecified atom stereocenters. The van der Waals surface area contributed by atoms with Gasteiger partial charge in [-0.05, 0) is 47.5 Å². The molecule has 0 bridgehead atoms. The summed E-state index contributed by atoms with van der Waals surface area (Å²) in [6.07, 6.45) is 0. The largest absolute Gasteiger partial charge is 0.457 e. The van der Waals surface area contributed by atoms with E-state index in [4.69, 9.17) is 16.3 Å². The first-order valence-electron chi connectivity index (χ1n) is 8.47. The highest BCUT2D eigenvalue weighted by atomic mass is 35.5. The second-order valence-electron chi connectivity index (χ2n) is 6.32. The third-order valence-electron chi connectivity index (χ3n) is 4.44. The summed E-state index contributed by atoms with van der Waals surface area (Å²) >= 11 is 6.05. The fourth-order valence-corrected chi connectivity index (χ4v) is 3.44. The molecule has 0 aromatic heterocycles. The van der Waals surface area contributed by atoms with Crippen LogP contribution in [0, 0.1) is 11.3 Å². The second kappa shape index (κ2) is 7.14. The van der Waals surface area contributed by atoms with Crippen LogP contribution in [-0.4, -0.2) is 10.8 Å². The van der Waals surface area contributed by atoms with Crippen LogP contribution in [-0.2, 0) is 13.1 Å². The Morgan fingerprint density at radius 2 is 1.74 bits per heavy atom. The van der Waals surface area contributed by atoms with Crippen LogP contribution in [0.15, 0.2) is 66.7 Å². The van der Waals surface area contributed by atoms with Crippen LogP contribution < -0.4 is 4.74 Å². The maximum Gasteiger partial charge on any atom is 0.256 e. The van der Waals surface area contributed by atoms with Gasteiger partial charge in [0, 0.05) is 18.1 Å². The molecule has 0 N–H and O–H groups in total. The maximum absolute atomic E-state index is 12.7. The number of benzene rings is 3. The molecule has 27 heavy (non-hydrogen) atoms. The van der Waals surface area contributed by atoms with Crippen LogP contribution in [0.25, 0.3) is 0 Å². The Kier molecular flexibility index (Phi) is 4.53. The number of carbonyl (C=O) groups excluding carboxylic acids is 1. The van der Waals surface area contributed by atoms with Crippen LogP contribution in [0.5, 0.6) is 11.5 Å². The van der Waals surface area contributed by atoms with Crippen LogP contribution in [0.3, 0.4) is 0 Å². The van der Waals surface area contributed by atoms with E-state index in [9.17, 15) is 10.1 Å². The molecule has 5 heteroatoms. The molecule has 4 nitrogen and oxygen atoms in total. The van der Waals surface area contributed by atoms with E-state index in [0.717, 1.165) is 22.6 Å². The molecule has 1 aliphatic rings. The quantitative estimate of drug-likeness (QED) is 0.633. The lowest BCUT2D eigenvalue weighted by atomic mass is 10.0. The van der Waals surface area contributed by atoms with Crippen LogP contribution in [0.2, 0.25) is 5.02 Å². The molecular weight excluding hydrogens is 360 g/mol. The number of nitrogens with zero attached hydrogens (tertiary/aromatic N) is 2. The number of hydrogen-bond acceptors (Lipinski definition) is 3. The lowest BCUT2D eigenvalue weighted by molar-refractivity contribution is 0.0766. The predicted molar refractivity (Wildman–Crippen MR) is 103 cm³/mol. The van der Waals surface area contributed by atoms with Crippen molar-refractivity contribution in [3.63, 3.8) is 0 Å². The highest BCUT2D eigenvalue weighted by Gasteiger charge is 2.30. The zero-order chi connectivity index (χ0) is 18.8. The van der Waals surface area contributed by atoms with Crippen LogP contribution in [0.4, 0.5) is 0 Å². The summed E-state index contributed by atoms with van der Waals surface area (Å²) < 4.78 is 5.79. The van der Waals surface area contributed by atoms with Crippen molar-refractivity contribution in [2.45, 2.75) is 13.1 Å². The first-order chi connectivity index (χ1) is 13.1. The number of amides is 1. The first kappa shape index (κ1) is 17.1. The zero-order valence-electron chi connectivity index (χ0n) is 14.4. The standard InChI is InChI=1S/C22H15ClN2O2/c23-18-10-16(12-24)21-17(11-18)14-25(22(21)26)13-15-6-8-20(9-7-15)27-19-4-2-1-3-5-19/h1-11H,13-14H2. The number of fused-ring (bicyclic) bond motifs is 1. The Bertz CT molecular complexity index is 1040. The maximum atomic E-state index is 12.7. The van der Waals surface area contributed by atoms with Crippen molar-refractivity contribution in [2.75, 3.05) is 0 Å². The molecule has 0 spiro atoms. The molecule has 0 aliphatic carbocycles. The minimum absolute atomic E-state index is 0.136. The van der Waals surface area contributed by atoms with E-state index in [1.807, 2.05) is 54.6 Å². The summed E-state index contributed by atoms with van der Waals surface area (Å²) in [6, 6.07) is 22.6. The van der Waals surface area contributed by atoms with Crippen LogP contribution >= 0.6 is 11.6 Å². The van der Waals surface area contributed by atoms with Crippen molar-refractivity contribution in [3.05, 3.63) is 94.0 Å². The zero-order valence-corrected chi connectivity index (χ0v) is 15.1. The van der Waals surface area contributed by atoms with Gasteiger partial charge in [-0.15, -0.1) is 0 Å². The normalized spacial score (nSPS) is 12.6. The molecular formula is C22H15ClN2O2. The van der Waals surface area contributed by atoms with Crippen molar-refractivity contribution >= 4 is 17.5 Å². The van der Waals surface area contributed by atoms with Gasteiger partial charge in [0.25, 0.3) is 5.91 Å². The molecule has 1 heterocycles. The smallest absolute Gasteiger partial charge is 0.256 e. The molecule has 3 aromatic carbocycles. The number of para-hydroxylation sites is 1. The van der Waals surface area contributed by atoms with E-state index in [0.29, 0.717) is 29.2 Å². The average molecular weight is 375 g/mol. The van der Waals surface area contributed by atoms with Crippen molar-refractivity contribution in [2.24, 2.45) is 0 Å². The summed E-state index contributed by atoms with van der Waals surface area (Å²) in [5.41, 5.74) is 2.58. The summed E-state index contributed by atoms with van der Waals surface area (Å²) in [5, 5.41) is 9.75. The van der Waals surface area contributed by atoms with Gasteiger partial charge < -0.3 is 9.64 Å². The number of rotatable bonds is 4. The third-order valence-corrected chi connectivity index (χ3v) is 4.66. The van der Waals surface area contributed by atoms with Crippen molar-refractivity contribution in [1.29, 1.82) is 5.26 Å². The monoisotopic (exact) mass is 374 g/mol. The van der Waals surface area contributed by atoms with E-state index in [2.05, 4.69) is 6.07 Å². The molecule has 0 saturated heterocycles. The Hall–Kier alpha value is -3.29. The van der Waals surface area contributed by atoms with Gasteiger partial charge in [0.2, 0.25) is 0 Å². The van der Waals surface area contributed by atoms with Crippen molar-refractivity contribution in [3.8, 4) is 17.6 Å². The summed E-state index contributed by atoms with van der Waals surface area (Å²) in [5.74, 6) is 1.37. The van der Waals surface area contributed by atoms with Gasteiger partial charge in [0.1, 0.15) is 17.6 Å². The molecule has 0 radical (unpaired) electrons. The van der Waals surface area contributed by atoms with E-state index < -0.39 is 0 Å². The highest BCUT2D eigenvalue weighted by Crippen LogP contribution is 2.30. The highest BCUT2D eigenvalue weighted by molar-refractivity contribution is 6.31. The third kappa shape index (κ3) is 3.51. The average Bonchev–Trinajstić information content (AvgIpc) is 2.99. The molecule has 132 valence electrons. The lowest BCUT2D eigenvalue weighted by Gasteiger charge is -2.16. The van der Waals surface area contributed by atoms with Gasteiger partial charge in [-0.3, -0.25) is 4.79 Å². The minimum atomic E-state index is -0.136. The van der Waals surface area contributed by atoms with Gasteiger partial charge in [-0.1, -0.05) is 41.9 Å². The fourth-order valence-electron chi connectivity index (χ4n) is 3.20. The topological polar surface area (TPSA) is 53.3 Å². The Morgan fingerprint density at radius 3 is 2.44 bits per heavy atom. The number of halogens is 1. The summed E-state index contributed by atoms with van der Waals surface area (Å²) in [6.45, 7) is 0.910. The number of nitriles is 1. The molecule has 0 atom stereocenters. The van der Waals surface area contributed by atoms with Gasteiger partial charge in [-0.25, -0.2) is 0 Å². The number of carbonyl (C=O) groups is 1. The molecule has 4 rings (SSSR count). The molecule has 0 saturated carbocycles. The van der Waals surface area contributed by atoms with E-state index in [1.54, 1.807) is 11.0 Å². The Balaban J connectivity index is 1.49. The Morgan fingerprint density at radius 1 is 1.04 bits per heavy atom. The SMILES string of the molecule is N#Cc1cc(Cl)cc2c1C(=O)N(Cc1ccc(Oc3ccccc3)cc1)C2. The molecule has 0 fully saturated rings. The molecule has 3 aromatic rings. The van der Waals surface area contributed by atoms with Gasteiger partial charge in [0.15, 0.2) is 0 Å². The van der Waals surface area contributed by atoms with E-state index in [-0.39, 0.29) is 5.91 Å². The first-order valence-corrected chi connectivity index (χ1v) is 8.85. The number of hydrogen-bond donors (Lipinski definition) is 0. The summed E-state index contributed by atoms with van der Waals surface area (Å²) in [4.78, 5) is 14.4. The van der Waals surface area contributed by atoms with E-state index >= 15 is 0 Å². The lowest BCUT2D eigenvalue weighted by Crippen LogP contribution is -2.23.